The van der Waals surface area contributed by atoms with Gasteiger partial charge in [-0.2, -0.15) is 5.10 Å². The number of methoxy groups -OCH3 is 2. The average molecular weight is 340 g/mol. The van der Waals surface area contributed by atoms with Crippen LogP contribution in [0.4, 0.5) is 0 Å². The molecule has 25 heavy (non-hydrogen) atoms. The number of hydrogen-bond donors (Lipinski definition) is 0. The third kappa shape index (κ3) is 4.86. The monoisotopic (exact) mass is 340 g/mol. The lowest BCUT2D eigenvalue weighted by atomic mass is 10.1. The van der Waals surface area contributed by atoms with Crippen molar-refractivity contribution < 1.29 is 9.47 Å². The van der Waals surface area contributed by atoms with E-state index >= 15 is 0 Å². The Balaban J connectivity index is 0.00000151. The molecule has 2 rings (SSSR count). The van der Waals surface area contributed by atoms with Gasteiger partial charge in [0.15, 0.2) is 0 Å². The van der Waals surface area contributed by atoms with Gasteiger partial charge in [0.1, 0.15) is 11.5 Å². The molecular weight excluding hydrogens is 312 g/mol. The Hall–Kier alpha value is -2.75. The third-order valence-corrected chi connectivity index (χ3v) is 3.65. The molecule has 1 aromatic carbocycles. The van der Waals surface area contributed by atoms with Crippen molar-refractivity contribution in [1.29, 1.82) is 0 Å². The van der Waals surface area contributed by atoms with E-state index in [0.717, 1.165) is 29.0 Å². The Bertz CT molecular complexity index is 700. The Labute approximate surface area is 151 Å². The number of allylic oxidation sites excluding steroid dienone is 5. The third-order valence-electron chi connectivity index (χ3n) is 3.65. The summed E-state index contributed by atoms with van der Waals surface area (Å²) in [6.45, 7) is 13.8. The fraction of sp³-hybridized carbons (Fsp3) is 0.286. The van der Waals surface area contributed by atoms with Gasteiger partial charge in [-0.05, 0) is 31.1 Å². The van der Waals surface area contributed by atoms with Gasteiger partial charge in [0.2, 0.25) is 0 Å². The first-order chi connectivity index (χ1) is 12.1. The molecule has 0 unspecified atom stereocenters. The summed E-state index contributed by atoms with van der Waals surface area (Å²) in [7, 11) is 3.27. The number of hydrazone groups is 1. The van der Waals surface area contributed by atoms with E-state index in [4.69, 9.17) is 9.47 Å². The number of hydrogen-bond acceptors (Lipinski definition) is 4. The molecule has 4 nitrogen and oxygen atoms in total. The minimum atomic E-state index is 0.683. The largest absolute Gasteiger partial charge is 0.496 e. The van der Waals surface area contributed by atoms with Crippen LogP contribution in [-0.2, 0) is 0 Å². The van der Waals surface area contributed by atoms with Crippen molar-refractivity contribution in [2.75, 3.05) is 14.2 Å². The highest BCUT2D eigenvalue weighted by Crippen LogP contribution is 2.35. The zero-order valence-electron chi connectivity index (χ0n) is 15.9. The summed E-state index contributed by atoms with van der Waals surface area (Å²) in [6.07, 6.45) is 10.9. The Kier molecular flexibility index (Phi) is 8.27. The van der Waals surface area contributed by atoms with E-state index in [1.165, 1.54) is 0 Å². The lowest BCUT2D eigenvalue weighted by molar-refractivity contribution is 0.390. The van der Waals surface area contributed by atoms with Gasteiger partial charge in [0, 0.05) is 18.3 Å². The summed E-state index contributed by atoms with van der Waals surface area (Å²) in [5, 5.41) is 5.84. The minimum absolute atomic E-state index is 0.683. The molecule has 0 fully saturated rings. The van der Waals surface area contributed by atoms with Gasteiger partial charge >= 0.3 is 0 Å². The first-order valence-corrected chi connectivity index (χ1v) is 8.34. The standard InChI is InChI=1S/C19H22N2O2.C2H6/c1-14-12-17(19(23-5)13-18(14)22-4)15(2)21(20-3)16-10-8-6-7-9-11-16;1-2/h6-8,10-13H,2-3,9H2,1,4-5H3;1-2H3. The van der Waals surface area contributed by atoms with Crippen molar-refractivity contribution in [3.05, 3.63) is 65.9 Å². The number of ether oxygens (including phenoxy) is 2. The second kappa shape index (κ2) is 10.2. The van der Waals surface area contributed by atoms with Crippen LogP contribution in [0.5, 0.6) is 11.5 Å². The van der Waals surface area contributed by atoms with E-state index in [-0.39, 0.29) is 0 Å². The maximum Gasteiger partial charge on any atom is 0.131 e. The summed E-state index contributed by atoms with van der Waals surface area (Å²) in [5.74, 6) is 1.46. The van der Waals surface area contributed by atoms with Gasteiger partial charge in [0.05, 0.1) is 25.6 Å². The summed E-state index contributed by atoms with van der Waals surface area (Å²) in [5.41, 5.74) is 3.47. The highest BCUT2D eigenvalue weighted by atomic mass is 16.5. The SMILES string of the molecule is C=NN(C(=C)c1cc(C)c(OC)cc1OC)C1=CCC=CC=C1.CC. The molecule has 0 radical (unpaired) electrons. The Morgan fingerprint density at radius 1 is 1.12 bits per heavy atom. The van der Waals surface area contributed by atoms with Gasteiger partial charge in [-0.3, -0.25) is 0 Å². The van der Waals surface area contributed by atoms with Crippen LogP contribution in [0.15, 0.2) is 59.9 Å². The molecule has 0 bridgehead atoms. The number of nitrogens with zero attached hydrogens (tertiary/aromatic N) is 2. The topological polar surface area (TPSA) is 34.1 Å². The van der Waals surface area contributed by atoms with Crippen LogP contribution in [0, 0.1) is 6.92 Å². The Morgan fingerprint density at radius 2 is 1.80 bits per heavy atom. The number of aryl methyl sites for hydroxylation is 1. The maximum absolute atomic E-state index is 5.49. The van der Waals surface area contributed by atoms with Crippen molar-refractivity contribution in [3.63, 3.8) is 0 Å². The van der Waals surface area contributed by atoms with E-state index in [1.54, 1.807) is 19.2 Å². The second-order valence-corrected chi connectivity index (χ2v) is 5.07. The summed E-state index contributed by atoms with van der Waals surface area (Å²) in [4.78, 5) is 0. The molecule has 4 heteroatoms. The highest BCUT2D eigenvalue weighted by molar-refractivity contribution is 5.71. The van der Waals surface area contributed by atoms with Crippen molar-refractivity contribution in [2.24, 2.45) is 5.10 Å². The van der Waals surface area contributed by atoms with Crippen molar-refractivity contribution in [2.45, 2.75) is 27.2 Å². The summed E-state index contributed by atoms with van der Waals surface area (Å²) < 4.78 is 10.8. The molecule has 134 valence electrons. The van der Waals surface area contributed by atoms with Gasteiger partial charge in [-0.1, -0.05) is 44.7 Å². The molecule has 1 aliphatic carbocycles. The van der Waals surface area contributed by atoms with Gasteiger partial charge in [-0.25, -0.2) is 5.01 Å². The number of rotatable bonds is 6. The zero-order valence-corrected chi connectivity index (χ0v) is 15.9. The van der Waals surface area contributed by atoms with E-state index in [0.29, 0.717) is 11.4 Å². The van der Waals surface area contributed by atoms with Gasteiger partial charge in [0.25, 0.3) is 0 Å². The van der Waals surface area contributed by atoms with Crippen LogP contribution in [-0.4, -0.2) is 25.9 Å². The molecule has 0 saturated carbocycles. The fourth-order valence-electron chi connectivity index (χ4n) is 2.45. The molecule has 0 aromatic heterocycles. The lowest BCUT2D eigenvalue weighted by Crippen LogP contribution is -2.14. The van der Waals surface area contributed by atoms with Crippen LogP contribution < -0.4 is 9.47 Å². The highest BCUT2D eigenvalue weighted by Gasteiger charge is 2.17. The van der Waals surface area contributed by atoms with Crippen LogP contribution in [0.2, 0.25) is 0 Å². The van der Waals surface area contributed by atoms with Crippen LogP contribution in [0.3, 0.4) is 0 Å². The quantitative estimate of drug-likeness (QED) is 0.519. The predicted octanol–water partition coefficient (Wildman–Crippen LogP) is 5.33. The molecule has 0 amide bonds. The minimum Gasteiger partial charge on any atom is -0.496 e. The Morgan fingerprint density at radius 3 is 2.40 bits per heavy atom. The molecular formula is C21H28N2O2. The lowest BCUT2D eigenvalue weighted by Gasteiger charge is -2.24. The summed E-state index contributed by atoms with van der Waals surface area (Å²) in [6, 6.07) is 3.84. The second-order valence-electron chi connectivity index (χ2n) is 5.07. The smallest absolute Gasteiger partial charge is 0.131 e. The molecule has 0 atom stereocenters. The van der Waals surface area contributed by atoms with Crippen molar-refractivity contribution in [1.82, 2.24) is 5.01 Å². The molecule has 0 heterocycles. The maximum atomic E-state index is 5.49. The molecule has 0 spiro atoms. The van der Waals surface area contributed by atoms with E-state index < -0.39 is 0 Å². The average Bonchev–Trinajstić information content (AvgIpc) is 2.93. The first kappa shape index (κ1) is 20.3. The molecule has 1 aromatic rings. The van der Waals surface area contributed by atoms with Crippen molar-refractivity contribution in [3.8, 4) is 11.5 Å². The van der Waals surface area contributed by atoms with Crippen molar-refractivity contribution >= 4 is 12.4 Å². The molecule has 0 N–H and O–H groups in total. The predicted molar refractivity (Wildman–Crippen MR) is 107 cm³/mol. The van der Waals surface area contributed by atoms with Gasteiger partial charge in [-0.15, -0.1) is 0 Å². The normalized spacial score (nSPS) is 12.3. The number of benzene rings is 1. The van der Waals surface area contributed by atoms with Crippen LogP contribution in [0.1, 0.15) is 31.4 Å². The summed E-state index contributed by atoms with van der Waals surface area (Å²) >= 11 is 0. The van der Waals surface area contributed by atoms with Crippen LogP contribution >= 0.6 is 0 Å². The molecule has 0 saturated heterocycles. The molecule has 0 aliphatic heterocycles. The van der Waals surface area contributed by atoms with Crippen LogP contribution in [0.25, 0.3) is 5.70 Å². The van der Waals surface area contributed by atoms with E-state index in [9.17, 15) is 0 Å². The van der Waals surface area contributed by atoms with E-state index in [1.807, 2.05) is 51.1 Å². The van der Waals surface area contributed by atoms with E-state index in [2.05, 4.69) is 30.5 Å². The zero-order chi connectivity index (χ0) is 18.8. The fourth-order valence-corrected chi connectivity index (χ4v) is 2.45. The van der Waals surface area contributed by atoms with Gasteiger partial charge < -0.3 is 9.47 Å². The first-order valence-electron chi connectivity index (χ1n) is 8.34. The molecule has 1 aliphatic rings.